The largest absolute Gasteiger partial charge is 0.374 e. The first-order valence-corrected chi connectivity index (χ1v) is 14.7. The molecule has 2 aliphatic heterocycles. The van der Waals surface area contributed by atoms with E-state index in [0.29, 0.717) is 30.0 Å². The van der Waals surface area contributed by atoms with Crippen LogP contribution in [0, 0.1) is 23.3 Å². The summed E-state index contributed by atoms with van der Waals surface area (Å²) in [5.74, 6) is -0.288. The molecule has 6 rings (SSSR count). The predicted octanol–water partition coefficient (Wildman–Crippen LogP) is 6.52. The van der Waals surface area contributed by atoms with Crippen LogP contribution in [0.25, 0.3) is 0 Å². The topological polar surface area (TPSA) is 63.9 Å². The second-order valence-corrected chi connectivity index (χ2v) is 11.6. The second-order valence-electron chi connectivity index (χ2n) is 10.9. The van der Waals surface area contributed by atoms with Crippen molar-refractivity contribution in [3.05, 3.63) is 128 Å². The second kappa shape index (κ2) is 12.1. The van der Waals surface area contributed by atoms with E-state index >= 15 is 0 Å². The van der Waals surface area contributed by atoms with Crippen molar-refractivity contribution in [2.75, 3.05) is 13.2 Å². The van der Waals surface area contributed by atoms with E-state index in [1.165, 1.54) is 4.57 Å². The van der Waals surface area contributed by atoms with Gasteiger partial charge in [0.05, 0.1) is 26.4 Å². The molecule has 0 radical (unpaired) electrons. The molecule has 3 aromatic carbocycles. The van der Waals surface area contributed by atoms with Gasteiger partial charge in [-0.25, -0.2) is 4.57 Å². The Labute approximate surface area is 255 Å². The zero-order valence-electron chi connectivity index (χ0n) is 23.5. The van der Waals surface area contributed by atoms with Crippen molar-refractivity contribution < 1.29 is 23.7 Å². The maximum atomic E-state index is 13.6. The number of benzene rings is 3. The molecule has 1 unspecified atom stereocenters. The zero-order chi connectivity index (χ0) is 29.3. The van der Waals surface area contributed by atoms with Gasteiger partial charge in [-0.2, -0.15) is 0 Å². The molecule has 0 amide bonds. The minimum atomic E-state index is -0.861. The molecular formula is C33H32N2O5S2. The van der Waals surface area contributed by atoms with Gasteiger partial charge in [-0.15, -0.1) is 0 Å². The Morgan fingerprint density at radius 1 is 0.929 bits per heavy atom. The highest BCUT2D eigenvalue weighted by atomic mass is 32.1. The average Bonchev–Trinajstić information content (AvgIpc) is 3.51. The first kappa shape index (κ1) is 28.8. The fourth-order valence-electron chi connectivity index (χ4n) is 5.53. The number of hydrogen-bond acceptors (Lipinski definition) is 7. The Balaban J connectivity index is 1.32. The Morgan fingerprint density at radius 2 is 1.57 bits per heavy atom. The summed E-state index contributed by atoms with van der Waals surface area (Å²) in [4.78, 5) is 13.6. The van der Waals surface area contributed by atoms with Crippen LogP contribution in [0.15, 0.2) is 91.1 Å². The Hall–Kier alpha value is -3.31. The molecule has 7 nitrogen and oxygen atoms in total. The van der Waals surface area contributed by atoms with Gasteiger partial charge in [0.2, 0.25) is 0 Å². The summed E-state index contributed by atoms with van der Waals surface area (Å²) in [5, 5.41) is 0. The molecule has 2 bridgehead atoms. The van der Waals surface area contributed by atoms with Crippen molar-refractivity contribution in [3.63, 3.8) is 0 Å². The van der Waals surface area contributed by atoms with Crippen LogP contribution in [0.3, 0.4) is 0 Å². The van der Waals surface area contributed by atoms with Crippen molar-refractivity contribution in [1.29, 1.82) is 0 Å². The third-order valence-electron chi connectivity index (χ3n) is 7.76. The van der Waals surface area contributed by atoms with Crippen LogP contribution in [0.1, 0.15) is 38.8 Å². The number of carbonyl (C=O) groups excluding carboxylic acids is 1. The standard InChI is InChI=1S/C33H32N2O5S2/c1-22-13-15-26(16-14-22)29(36)35-31(41)23(2)17-34(32(35)42)30-27-28(38-19-25-11-7-4-8-12-25)33(40-30,21-39-27)20-37-18-24-9-5-3-6-10-24/h3-17,27-28,30H,18-21H2,1-2H3/t27-,28?,30+,33+/m0/s1. The molecule has 0 saturated carbocycles. The number of hydrogen-bond donors (Lipinski definition) is 0. The van der Waals surface area contributed by atoms with Crippen molar-refractivity contribution in [1.82, 2.24) is 9.13 Å². The molecule has 4 aromatic rings. The lowest BCUT2D eigenvalue weighted by molar-refractivity contribution is -0.196. The fourth-order valence-corrected chi connectivity index (χ4v) is 6.14. The molecule has 0 N–H and O–H groups in total. The van der Waals surface area contributed by atoms with Crippen molar-refractivity contribution in [3.8, 4) is 0 Å². The molecule has 2 aliphatic rings. The molecule has 216 valence electrons. The van der Waals surface area contributed by atoms with Crippen LogP contribution in [0.4, 0.5) is 0 Å². The van der Waals surface area contributed by atoms with E-state index in [4.69, 9.17) is 43.4 Å². The Bertz CT molecular complexity index is 1690. The molecule has 0 aliphatic carbocycles. The summed E-state index contributed by atoms with van der Waals surface area (Å²) in [6, 6.07) is 27.3. The zero-order valence-corrected chi connectivity index (χ0v) is 25.1. The monoisotopic (exact) mass is 600 g/mol. The van der Waals surface area contributed by atoms with Gasteiger partial charge in [-0.3, -0.25) is 9.36 Å². The number of nitrogens with zero attached hydrogens (tertiary/aromatic N) is 2. The molecular weight excluding hydrogens is 569 g/mol. The van der Waals surface area contributed by atoms with Gasteiger partial charge < -0.3 is 18.9 Å². The molecule has 0 spiro atoms. The SMILES string of the molecule is Cc1ccc(C(=O)n2c(=S)c(C)cn([C@@H]3O[C@]4(COCc5ccccc5)CO[C@H]3C4OCc3ccccc3)c2=S)cc1. The van der Waals surface area contributed by atoms with E-state index in [2.05, 4.69) is 0 Å². The van der Waals surface area contributed by atoms with Gasteiger partial charge in [0, 0.05) is 17.3 Å². The Morgan fingerprint density at radius 3 is 2.24 bits per heavy atom. The van der Waals surface area contributed by atoms with Gasteiger partial charge in [0.15, 0.2) is 11.0 Å². The van der Waals surface area contributed by atoms with Gasteiger partial charge in [0.25, 0.3) is 5.91 Å². The third kappa shape index (κ3) is 5.56. The lowest BCUT2D eigenvalue weighted by Crippen LogP contribution is -2.46. The van der Waals surface area contributed by atoms with E-state index in [1.807, 2.05) is 92.8 Å². The van der Waals surface area contributed by atoms with E-state index in [1.54, 1.807) is 16.7 Å². The van der Waals surface area contributed by atoms with Crippen LogP contribution in [-0.2, 0) is 32.2 Å². The molecule has 4 atom stereocenters. The highest BCUT2D eigenvalue weighted by Crippen LogP contribution is 2.47. The van der Waals surface area contributed by atoms with Crippen molar-refractivity contribution in [2.45, 2.75) is 51.1 Å². The van der Waals surface area contributed by atoms with Gasteiger partial charge in [0.1, 0.15) is 22.4 Å². The lowest BCUT2D eigenvalue weighted by Gasteiger charge is -2.32. The van der Waals surface area contributed by atoms with Crippen LogP contribution in [0.2, 0.25) is 0 Å². The number of carbonyl (C=O) groups is 1. The number of aryl methyl sites for hydroxylation is 2. The Kier molecular flexibility index (Phi) is 8.31. The quantitative estimate of drug-likeness (QED) is 0.203. The van der Waals surface area contributed by atoms with E-state index in [-0.39, 0.29) is 17.3 Å². The first-order chi connectivity index (χ1) is 20.4. The number of fused-ring (bicyclic) bond motifs is 2. The summed E-state index contributed by atoms with van der Waals surface area (Å²) in [7, 11) is 0. The molecule has 2 fully saturated rings. The van der Waals surface area contributed by atoms with E-state index in [0.717, 1.165) is 22.3 Å². The summed E-state index contributed by atoms with van der Waals surface area (Å²) in [6.45, 7) is 5.24. The van der Waals surface area contributed by atoms with E-state index < -0.39 is 24.0 Å². The number of ether oxygens (including phenoxy) is 4. The van der Waals surface area contributed by atoms with Crippen LogP contribution in [0.5, 0.6) is 0 Å². The fraction of sp³-hybridized carbons (Fsp3) is 0.303. The highest BCUT2D eigenvalue weighted by Gasteiger charge is 2.63. The minimum Gasteiger partial charge on any atom is -0.374 e. The smallest absolute Gasteiger partial charge is 0.265 e. The lowest BCUT2D eigenvalue weighted by atomic mass is 10.00. The molecule has 2 saturated heterocycles. The predicted molar refractivity (Wildman–Crippen MR) is 163 cm³/mol. The summed E-state index contributed by atoms with van der Waals surface area (Å²) < 4.78 is 29.6. The maximum Gasteiger partial charge on any atom is 0.265 e. The minimum absolute atomic E-state index is 0.236. The van der Waals surface area contributed by atoms with Crippen molar-refractivity contribution >= 4 is 30.3 Å². The number of rotatable bonds is 9. The van der Waals surface area contributed by atoms with Crippen LogP contribution < -0.4 is 0 Å². The number of aromatic nitrogens is 2. The summed E-state index contributed by atoms with van der Waals surface area (Å²) in [6.07, 6.45) is 0.299. The van der Waals surface area contributed by atoms with Crippen molar-refractivity contribution in [2.24, 2.45) is 0 Å². The third-order valence-corrected chi connectivity index (χ3v) is 8.66. The first-order valence-electron chi connectivity index (χ1n) is 13.9. The van der Waals surface area contributed by atoms with Crippen LogP contribution in [-0.4, -0.2) is 46.1 Å². The van der Waals surface area contributed by atoms with Gasteiger partial charge in [-0.05, 0) is 49.3 Å². The van der Waals surface area contributed by atoms with Gasteiger partial charge in [-0.1, -0.05) is 90.6 Å². The normalized spacial score (nSPS) is 22.9. The van der Waals surface area contributed by atoms with E-state index in [9.17, 15) is 4.79 Å². The molecule has 3 heterocycles. The molecule has 1 aromatic heterocycles. The average molecular weight is 601 g/mol. The summed E-state index contributed by atoms with van der Waals surface area (Å²) in [5.41, 5.74) is 3.53. The van der Waals surface area contributed by atoms with Crippen LogP contribution >= 0.6 is 24.4 Å². The van der Waals surface area contributed by atoms with Gasteiger partial charge >= 0.3 is 0 Å². The maximum absolute atomic E-state index is 13.6. The molecule has 42 heavy (non-hydrogen) atoms. The highest BCUT2D eigenvalue weighted by molar-refractivity contribution is 7.72. The summed E-state index contributed by atoms with van der Waals surface area (Å²) >= 11 is 11.6. The molecule has 9 heteroatoms.